The SMILES string of the molecule is N#Cc1ccc(COc2ccc(C(=O)N3CCC[C@H]3CN3CCCC3)cc2)cc1. The van der Waals surface area contributed by atoms with E-state index in [4.69, 9.17) is 10.00 Å². The number of ether oxygens (including phenoxy) is 1. The van der Waals surface area contributed by atoms with Crippen LogP contribution in [0.3, 0.4) is 0 Å². The fourth-order valence-electron chi connectivity index (χ4n) is 4.26. The highest BCUT2D eigenvalue weighted by atomic mass is 16.5. The molecular weight excluding hydrogens is 362 g/mol. The molecule has 2 fully saturated rings. The van der Waals surface area contributed by atoms with Crippen molar-refractivity contribution in [3.63, 3.8) is 0 Å². The van der Waals surface area contributed by atoms with Gasteiger partial charge in [0.05, 0.1) is 11.6 Å². The Morgan fingerprint density at radius 2 is 1.72 bits per heavy atom. The second-order valence-electron chi connectivity index (χ2n) is 7.92. The first kappa shape index (κ1) is 19.5. The van der Waals surface area contributed by atoms with Crippen molar-refractivity contribution in [2.24, 2.45) is 0 Å². The highest BCUT2D eigenvalue weighted by Gasteiger charge is 2.31. The van der Waals surface area contributed by atoms with Gasteiger partial charge in [-0.2, -0.15) is 5.26 Å². The van der Waals surface area contributed by atoms with E-state index in [0.717, 1.165) is 42.8 Å². The van der Waals surface area contributed by atoms with Crippen LogP contribution in [0.25, 0.3) is 0 Å². The molecule has 0 saturated carbocycles. The van der Waals surface area contributed by atoms with E-state index in [9.17, 15) is 4.79 Å². The predicted octanol–water partition coefficient (Wildman–Crippen LogP) is 3.84. The first-order valence-corrected chi connectivity index (χ1v) is 10.5. The van der Waals surface area contributed by atoms with Gasteiger partial charge in [0.1, 0.15) is 12.4 Å². The topological polar surface area (TPSA) is 56.6 Å². The molecule has 2 aromatic rings. The zero-order valence-electron chi connectivity index (χ0n) is 16.7. The first-order chi connectivity index (χ1) is 14.2. The molecule has 0 spiro atoms. The molecule has 4 rings (SSSR count). The van der Waals surface area contributed by atoms with E-state index >= 15 is 0 Å². The zero-order chi connectivity index (χ0) is 20.1. The van der Waals surface area contributed by atoms with Gasteiger partial charge in [0.15, 0.2) is 0 Å². The van der Waals surface area contributed by atoms with Crippen molar-refractivity contribution < 1.29 is 9.53 Å². The number of benzene rings is 2. The van der Waals surface area contributed by atoms with Crippen molar-refractivity contribution >= 4 is 5.91 Å². The monoisotopic (exact) mass is 389 g/mol. The lowest BCUT2D eigenvalue weighted by atomic mass is 10.1. The summed E-state index contributed by atoms with van der Waals surface area (Å²) < 4.78 is 5.82. The number of likely N-dealkylation sites (tertiary alicyclic amines) is 2. The molecule has 29 heavy (non-hydrogen) atoms. The smallest absolute Gasteiger partial charge is 0.254 e. The van der Waals surface area contributed by atoms with Gasteiger partial charge >= 0.3 is 0 Å². The third-order valence-corrected chi connectivity index (χ3v) is 5.90. The molecule has 2 aromatic carbocycles. The number of carbonyl (C=O) groups is 1. The molecule has 150 valence electrons. The van der Waals surface area contributed by atoms with Crippen LogP contribution in [-0.4, -0.2) is 47.9 Å². The molecule has 0 bridgehead atoms. The number of hydrogen-bond donors (Lipinski definition) is 0. The Bertz CT molecular complexity index is 864. The van der Waals surface area contributed by atoms with Gasteiger partial charge < -0.3 is 14.5 Å². The van der Waals surface area contributed by atoms with E-state index in [1.807, 2.05) is 36.4 Å². The van der Waals surface area contributed by atoms with Crippen LogP contribution >= 0.6 is 0 Å². The molecule has 5 nitrogen and oxygen atoms in total. The maximum Gasteiger partial charge on any atom is 0.254 e. The number of hydrogen-bond acceptors (Lipinski definition) is 4. The van der Waals surface area contributed by atoms with Crippen LogP contribution in [-0.2, 0) is 6.61 Å². The molecule has 1 amide bonds. The van der Waals surface area contributed by atoms with Crippen molar-refractivity contribution in [2.45, 2.75) is 38.3 Å². The standard InChI is InChI=1S/C24H27N3O2/c25-16-19-5-7-20(8-6-19)18-29-23-11-9-21(10-12-23)24(28)27-15-3-4-22(27)17-26-13-1-2-14-26/h5-12,22H,1-4,13-15,17-18H2/t22-/m0/s1. The molecular formula is C24H27N3O2. The second-order valence-corrected chi connectivity index (χ2v) is 7.92. The van der Waals surface area contributed by atoms with Crippen molar-refractivity contribution in [2.75, 3.05) is 26.2 Å². The molecule has 2 aliphatic rings. The lowest BCUT2D eigenvalue weighted by molar-refractivity contribution is 0.0708. The molecule has 2 aliphatic heterocycles. The molecule has 2 heterocycles. The lowest BCUT2D eigenvalue weighted by Crippen LogP contribution is -2.42. The number of carbonyl (C=O) groups excluding carboxylic acids is 1. The molecule has 2 saturated heterocycles. The molecule has 0 unspecified atom stereocenters. The van der Waals surface area contributed by atoms with Gasteiger partial charge in [0.25, 0.3) is 5.91 Å². The minimum absolute atomic E-state index is 0.130. The molecule has 0 aliphatic carbocycles. The normalized spacial score (nSPS) is 19.3. The summed E-state index contributed by atoms with van der Waals surface area (Å²) >= 11 is 0. The average molecular weight is 389 g/mol. The van der Waals surface area contributed by atoms with E-state index in [1.54, 1.807) is 12.1 Å². The van der Waals surface area contributed by atoms with Crippen molar-refractivity contribution in [1.82, 2.24) is 9.80 Å². The fourth-order valence-corrected chi connectivity index (χ4v) is 4.26. The zero-order valence-corrected chi connectivity index (χ0v) is 16.7. The maximum absolute atomic E-state index is 13.0. The Morgan fingerprint density at radius 1 is 1.00 bits per heavy atom. The molecule has 0 radical (unpaired) electrons. The van der Waals surface area contributed by atoms with Crippen molar-refractivity contribution in [3.05, 3.63) is 65.2 Å². The van der Waals surface area contributed by atoms with Crippen LogP contribution in [0.15, 0.2) is 48.5 Å². The molecule has 0 aromatic heterocycles. The van der Waals surface area contributed by atoms with E-state index in [1.165, 1.54) is 25.9 Å². The van der Waals surface area contributed by atoms with E-state index in [0.29, 0.717) is 18.2 Å². The van der Waals surface area contributed by atoms with E-state index in [2.05, 4.69) is 15.9 Å². The van der Waals surface area contributed by atoms with Gasteiger partial charge in [-0.05, 0) is 80.7 Å². The lowest BCUT2D eigenvalue weighted by Gasteiger charge is -2.28. The van der Waals surface area contributed by atoms with Crippen molar-refractivity contribution in [3.8, 4) is 11.8 Å². The number of nitriles is 1. The van der Waals surface area contributed by atoms with Crippen LogP contribution in [0.2, 0.25) is 0 Å². The highest BCUT2D eigenvalue weighted by molar-refractivity contribution is 5.94. The second kappa shape index (κ2) is 9.11. The Kier molecular flexibility index (Phi) is 6.12. The molecule has 0 N–H and O–H groups in total. The maximum atomic E-state index is 13.0. The quantitative estimate of drug-likeness (QED) is 0.753. The van der Waals surface area contributed by atoms with Gasteiger partial charge in [-0.25, -0.2) is 0 Å². The minimum atomic E-state index is 0.130. The van der Waals surface area contributed by atoms with Crippen molar-refractivity contribution in [1.29, 1.82) is 5.26 Å². The summed E-state index contributed by atoms with van der Waals surface area (Å²) in [5.41, 5.74) is 2.37. The summed E-state index contributed by atoms with van der Waals surface area (Å²) in [6.07, 6.45) is 4.76. The van der Waals surface area contributed by atoms with E-state index < -0.39 is 0 Å². The minimum Gasteiger partial charge on any atom is -0.489 e. The summed E-state index contributed by atoms with van der Waals surface area (Å²) in [7, 11) is 0. The predicted molar refractivity (Wildman–Crippen MR) is 112 cm³/mol. The summed E-state index contributed by atoms with van der Waals surface area (Å²) in [5, 5.41) is 8.86. The van der Waals surface area contributed by atoms with Crippen LogP contribution in [0, 0.1) is 11.3 Å². The first-order valence-electron chi connectivity index (χ1n) is 10.5. The number of rotatable bonds is 6. The molecule has 5 heteroatoms. The average Bonchev–Trinajstić information content (AvgIpc) is 3.45. The summed E-state index contributed by atoms with van der Waals surface area (Å²) in [6, 6.07) is 17.3. The van der Waals surface area contributed by atoms with Gasteiger partial charge in [-0.15, -0.1) is 0 Å². The Labute approximate surface area is 172 Å². The summed E-state index contributed by atoms with van der Waals surface area (Å²) in [4.78, 5) is 17.6. The van der Waals surface area contributed by atoms with Crippen LogP contribution in [0.4, 0.5) is 0 Å². The summed E-state index contributed by atoms with van der Waals surface area (Å²) in [6.45, 7) is 4.64. The third-order valence-electron chi connectivity index (χ3n) is 5.90. The van der Waals surface area contributed by atoms with Crippen LogP contribution < -0.4 is 4.74 Å². The Balaban J connectivity index is 1.34. The molecule has 1 atom stereocenters. The highest BCUT2D eigenvalue weighted by Crippen LogP contribution is 2.23. The Morgan fingerprint density at radius 3 is 2.41 bits per heavy atom. The third kappa shape index (κ3) is 4.78. The van der Waals surface area contributed by atoms with Gasteiger partial charge in [-0.1, -0.05) is 12.1 Å². The van der Waals surface area contributed by atoms with E-state index in [-0.39, 0.29) is 5.91 Å². The van der Waals surface area contributed by atoms with Crippen LogP contribution in [0.5, 0.6) is 5.75 Å². The van der Waals surface area contributed by atoms with Gasteiger partial charge in [-0.3, -0.25) is 4.79 Å². The summed E-state index contributed by atoms with van der Waals surface area (Å²) in [5.74, 6) is 0.867. The number of amides is 1. The van der Waals surface area contributed by atoms with Gasteiger partial charge in [0.2, 0.25) is 0 Å². The largest absolute Gasteiger partial charge is 0.489 e. The number of nitrogens with zero attached hydrogens (tertiary/aromatic N) is 3. The van der Waals surface area contributed by atoms with Gasteiger partial charge in [0, 0.05) is 24.7 Å². The Hall–Kier alpha value is -2.84. The van der Waals surface area contributed by atoms with Crippen LogP contribution in [0.1, 0.15) is 47.2 Å². The fraction of sp³-hybridized carbons (Fsp3) is 0.417.